The first-order valence-electron chi connectivity index (χ1n) is 4.32. The average molecular weight is 186 g/mol. The molecule has 2 rings (SSSR count). The van der Waals surface area contributed by atoms with Gasteiger partial charge in [0.2, 0.25) is 0 Å². The number of oxime groups is 1. The van der Waals surface area contributed by atoms with E-state index in [0.717, 1.165) is 16.6 Å². The molecule has 0 unspecified atom stereocenters. The van der Waals surface area contributed by atoms with Crippen molar-refractivity contribution in [2.24, 2.45) is 5.16 Å². The molecule has 1 heterocycles. The third-order valence-corrected chi connectivity index (χ3v) is 1.91. The molecule has 1 aromatic carbocycles. The van der Waals surface area contributed by atoms with Gasteiger partial charge in [-0.15, -0.1) is 0 Å². The topological polar surface area (TPSA) is 34.5 Å². The first-order chi connectivity index (χ1) is 6.90. The molecule has 2 aromatic rings. The lowest BCUT2D eigenvalue weighted by Crippen LogP contribution is -1.88. The summed E-state index contributed by atoms with van der Waals surface area (Å²) in [5, 5.41) is 4.79. The molecular weight excluding hydrogens is 176 g/mol. The molecule has 0 amide bonds. The molecule has 0 spiro atoms. The van der Waals surface area contributed by atoms with Crippen LogP contribution >= 0.6 is 0 Å². The molecule has 14 heavy (non-hydrogen) atoms. The fourth-order valence-electron chi connectivity index (χ4n) is 1.26. The maximum absolute atomic E-state index is 4.59. The van der Waals surface area contributed by atoms with E-state index in [2.05, 4.69) is 15.0 Å². The normalized spacial score (nSPS) is 10.9. The van der Waals surface area contributed by atoms with E-state index in [1.807, 2.05) is 36.4 Å². The number of nitrogens with zero attached hydrogens (tertiary/aromatic N) is 2. The Morgan fingerprint density at radius 2 is 2.07 bits per heavy atom. The third kappa shape index (κ3) is 1.71. The Labute approximate surface area is 82.0 Å². The molecule has 0 radical (unpaired) electrons. The van der Waals surface area contributed by atoms with E-state index in [0.29, 0.717) is 0 Å². The average Bonchev–Trinajstić information content (AvgIpc) is 2.26. The maximum Gasteiger partial charge on any atom is 0.106 e. The molecule has 3 heteroatoms. The summed E-state index contributed by atoms with van der Waals surface area (Å²) in [6.07, 6.45) is 1.59. The first-order valence-corrected chi connectivity index (χ1v) is 4.32. The second-order valence-corrected chi connectivity index (χ2v) is 2.85. The summed E-state index contributed by atoms with van der Waals surface area (Å²) in [5.41, 5.74) is 1.76. The van der Waals surface area contributed by atoms with Gasteiger partial charge in [-0.05, 0) is 12.1 Å². The van der Waals surface area contributed by atoms with E-state index in [9.17, 15) is 0 Å². The summed E-state index contributed by atoms with van der Waals surface area (Å²) in [7, 11) is 1.51. The molecule has 3 nitrogen and oxygen atoms in total. The molecule has 0 bridgehead atoms. The molecule has 0 atom stereocenters. The number of hydrogen-bond acceptors (Lipinski definition) is 3. The minimum absolute atomic E-state index is 0.797. The minimum atomic E-state index is 0.797. The van der Waals surface area contributed by atoms with Crippen LogP contribution in [-0.2, 0) is 4.84 Å². The van der Waals surface area contributed by atoms with Crippen molar-refractivity contribution in [1.82, 2.24) is 4.98 Å². The zero-order valence-electron chi connectivity index (χ0n) is 7.84. The van der Waals surface area contributed by atoms with Crippen molar-refractivity contribution in [3.8, 4) is 0 Å². The highest BCUT2D eigenvalue weighted by Gasteiger charge is 1.94. The molecule has 0 aliphatic carbocycles. The highest BCUT2D eigenvalue weighted by Crippen LogP contribution is 2.10. The number of hydrogen-bond donors (Lipinski definition) is 0. The number of aromatic nitrogens is 1. The lowest BCUT2D eigenvalue weighted by molar-refractivity contribution is 0.215. The number of fused-ring (bicyclic) bond motifs is 1. The van der Waals surface area contributed by atoms with Crippen LogP contribution in [0.5, 0.6) is 0 Å². The summed E-state index contributed by atoms with van der Waals surface area (Å²) >= 11 is 0. The standard InChI is InChI=1S/C11H10N2O/c1-14-12-8-10-7-6-9-4-2-3-5-11(9)13-10/h2-8H,1H3. The molecule has 0 fully saturated rings. The first kappa shape index (κ1) is 8.69. The molecule has 0 N–H and O–H groups in total. The van der Waals surface area contributed by atoms with Crippen LogP contribution in [0.3, 0.4) is 0 Å². The predicted molar refractivity (Wildman–Crippen MR) is 56.3 cm³/mol. The number of para-hydroxylation sites is 1. The Kier molecular flexibility index (Phi) is 2.40. The van der Waals surface area contributed by atoms with Crippen molar-refractivity contribution in [1.29, 1.82) is 0 Å². The monoisotopic (exact) mass is 186 g/mol. The molecule has 1 aromatic heterocycles. The lowest BCUT2D eigenvalue weighted by Gasteiger charge is -1.97. The van der Waals surface area contributed by atoms with Gasteiger partial charge in [-0.2, -0.15) is 0 Å². The van der Waals surface area contributed by atoms with Crippen molar-refractivity contribution in [2.45, 2.75) is 0 Å². The van der Waals surface area contributed by atoms with Crippen molar-refractivity contribution >= 4 is 17.1 Å². The summed E-state index contributed by atoms with van der Waals surface area (Å²) in [6, 6.07) is 11.9. The van der Waals surface area contributed by atoms with E-state index >= 15 is 0 Å². The van der Waals surface area contributed by atoms with E-state index in [1.165, 1.54) is 7.11 Å². The zero-order valence-corrected chi connectivity index (χ0v) is 7.84. The summed E-state index contributed by atoms with van der Waals surface area (Å²) in [5.74, 6) is 0. The van der Waals surface area contributed by atoms with Crippen LogP contribution in [0.2, 0.25) is 0 Å². The number of benzene rings is 1. The van der Waals surface area contributed by atoms with E-state index < -0.39 is 0 Å². The Bertz CT molecular complexity index is 466. The molecular formula is C11H10N2O. The predicted octanol–water partition coefficient (Wildman–Crippen LogP) is 2.22. The second kappa shape index (κ2) is 3.87. The van der Waals surface area contributed by atoms with E-state index in [1.54, 1.807) is 6.21 Å². The van der Waals surface area contributed by atoms with Gasteiger partial charge in [0.15, 0.2) is 0 Å². The van der Waals surface area contributed by atoms with Crippen LogP contribution in [-0.4, -0.2) is 18.3 Å². The largest absolute Gasteiger partial charge is 0.399 e. The van der Waals surface area contributed by atoms with Crippen molar-refractivity contribution in [3.05, 3.63) is 42.1 Å². The summed E-state index contributed by atoms with van der Waals surface area (Å²) in [6.45, 7) is 0. The lowest BCUT2D eigenvalue weighted by atomic mass is 10.2. The Morgan fingerprint density at radius 1 is 1.21 bits per heavy atom. The molecule has 70 valence electrons. The van der Waals surface area contributed by atoms with Crippen LogP contribution < -0.4 is 0 Å². The van der Waals surface area contributed by atoms with Gasteiger partial charge in [0.25, 0.3) is 0 Å². The summed E-state index contributed by atoms with van der Waals surface area (Å²) in [4.78, 5) is 8.97. The molecule has 0 saturated heterocycles. The van der Waals surface area contributed by atoms with Gasteiger partial charge >= 0.3 is 0 Å². The van der Waals surface area contributed by atoms with Crippen molar-refractivity contribution in [3.63, 3.8) is 0 Å². The van der Waals surface area contributed by atoms with Crippen LogP contribution in [0, 0.1) is 0 Å². The van der Waals surface area contributed by atoms with Gasteiger partial charge < -0.3 is 4.84 Å². The van der Waals surface area contributed by atoms with Crippen molar-refractivity contribution in [2.75, 3.05) is 7.11 Å². The van der Waals surface area contributed by atoms with Gasteiger partial charge in [-0.25, -0.2) is 4.98 Å². The molecule has 0 aliphatic heterocycles. The SMILES string of the molecule is CON=Cc1ccc2ccccc2n1. The molecule has 0 saturated carbocycles. The fourth-order valence-corrected chi connectivity index (χ4v) is 1.26. The van der Waals surface area contributed by atoms with Gasteiger partial charge in [-0.1, -0.05) is 29.4 Å². The smallest absolute Gasteiger partial charge is 0.106 e. The Hall–Kier alpha value is -1.90. The van der Waals surface area contributed by atoms with Crippen LogP contribution in [0.1, 0.15) is 5.69 Å². The van der Waals surface area contributed by atoms with E-state index in [-0.39, 0.29) is 0 Å². The van der Waals surface area contributed by atoms with E-state index in [4.69, 9.17) is 0 Å². The summed E-state index contributed by atoms with van der Waals surface area (Å²) < 4.78 is 0. The zero-order chi connectivity index (χ0) is 9.80. The fraction of sp³-hybridized carbons (Fsp3) is 0.0909. The Morgan fingerprint density at radius 3 is 2.93 bits per heavy atom. The highest BCUT2D eigenvalue weighted by atomic mass is 16.6. The van der Waals surface area contributed by atoms with Crippen LogP contribution in [0.25, 0.3) is 10.9 Å². The van der Waals surface area contributed by atoms with Gasteiger partial charge in [-0.3, -0.25) is 0 Å². The number of rotatable bonds is 2. The quantitative estimate of drug-likeness (QED) is 0.532. The van der Waals surface area contributed by atoms with Crippen LogP contribution in [0.15, 0.2) is 41.6 Å². The van der Waals surface area contributed by atoms with Crippen LogP contribution in [0.4, 0.5) is 0 Å². The molecule has 0 aliphatic rings. The van der Waals surface area contributed by atoms with Gasteiger partial charge in [0, 0.05) is 5.39 Å². The van der Waals surface area contributed by atoms with Gasteiger partial charge in [0.1, 0.15) is 7.11 Å². The Balaban J connectivity index is 2.46. The highest BCUT2D eigenvalue weighted by molar-refractivity contribution is 5.84. The maximum atomic E-state index is 4.59. The van der Waals surface area contributed by atoms with Gasteiger partial charge in [0.05, 0.1) is 17.4 Å². The van der Waals surface area contributed by atoms with Crippen molar-refractivity contribution < 1.29 is 4.84 Å². The number of pyridine rings is 1. The minimum Gasteiger partial charge on any atom is -0.399 e. The third-order valence-electron chi connectivity index (χ3n) is 1.91. The second-order valence-electron chi connectivity index (χ2n) is 2.85.